The Balaban J connectivity index is 1.49. The summed E-state index contributed by atoms with van der Waals surface area (Å²) < 4.78 is 2.18. The molecule has 23 heavy (non-hydrogen) atoms. The zero-order valence-electron chi connectivity index (χ0n) is 13.4. The normalized spacial score (nSPS) is 14.5. The summed E-state index contributed by atoms with van der Waals surface area (Å²) in [7, 11) is 0. The number of carbonyl (C=O) groups excluding carboxylic acids is 1. The van der Waals surface area contributed by atoms with E-state index < -0.39 is 0 Å². The lowest BCUT2D eigenvalue weighted by Crippen LogP contribution is -2.34. The highest BCUT2D eigenvalue weighted by atomic mass is 32.2. The summed E-state index contributed by atoms with van der Waals surface area (Å²) in [5.74, 6) is 2.17. The molecule has 6 heteroatoms. The summed E-state index contributed by atoms with van der Waals surface area (Å²) in [5.41, 5.74) is 0. The van der Waals surface area contributed by atoms with Crippen molar-refractivity contribution in [3.63, 3.8) is 0 Å². The van der Waals surface area contributed by atoms with Crippen molar-refractivity contribution in [2.24, 2.45) is 0 Å². The van der Waals surface area contributed by atoms with Crippen LogP contribution in [0.1, 0.15) is 31.4 Å². The number of rotatable bonds is 7. The molecule has 1 aliphatic rings. The Kier molecular flexibility index (Phi) is 5.33. The van der Waals surface area contributed by atoms with E-state index in [2.05, 4.69) is 20.1 Å². The molecule has 1 N–H and O–H groups in total. The molecule has 2 heterocycles. The van der Waals surface area contributed by atoms with Crippen LogP contribution in [-0.2, 0) is 24.2 Å². The molecule has 0 saturated heterocycles. The molecule has 1 aromatic heterocycles. The average Bonchev–Trinajstić information content (AvgIpc) is 3.18. The molecule has 0 fully saturated rings. The van der Waals surface area contributed by atoms with Gasteiger partial charge in [0.1, 0.15) is 11.6 Å². The summed E-state index contributed by atoms with van der Waals surface area (Å²) in [4.78, 5) is 13.5. The largest absolute Gasteiger partial charge is 0.355 e. The highest BCUT2D eigenvalue weighted by molar-refractivity contribution is 8.00. The molecule has 1 unspecified atom stereocenters. The van der Waals surface area contributed by atoms with Crippen LogP contribution in [0, 0.1) is 0 Å². The first-order valence-corrected chi connectivity index (χ1v) is 9.06. The average molecular weight is 330 g/mol. The maximum absolute atomic E-state index is 12.4. The van der Waals surface area contributed by atoms with E-state index in [0.717, 1.165) is 48.8 Å². The zero-order valence-corrected chi connectivity index (χ0v) is 14.2. The third kappa shape index (κ3) is 3.93. The standard InChI is InChI=1S/C17H22N4OS/c1-2-14(23-13-7-4-3-5-8-13)17(22)18-11-10-16-20-19-15-9-6-12-21(15)16/h3-5,7-8,14H,2,6,9-12H2,1H3,(H,18,22). The summed E-state index contributed by atoms with van der Waals surface area (Å²) in [6, 6.07) is 10.1. The Morgan fingerprint density at radius 2 is 2.17 bits per heavy atom. The van der Waals surface area contributed by atoms with Gasteiger partial charge in [0.15, 0.2) is 0 Å². The predicted octanol–water partition coefficient (Wildman–Crippen LogP) is 2.45. The van der Waals surface area contributed by atoms with Crippen molar-refractivity contribution in [3.8, 4) is 0 Å². The molecular formula is C17H22N4OS. The molecule has 1 aliphatic heterocycles. The van der Waals surface area contributed by atoms with E-state index in [4.69, 9.17) is 0 Å². The van der Waals surface area contributed by atoms with Crippen LogP contribution in [0.25, 0.3) is 0 Å². The van der Waals surface area contributed by atoms with Crippen LogP contribution >= 0.6 is 11.8 Å². The number of amides is 1. The number of carbonyl (C=O) groups is 1. The minimum absolute atomic E-state index is 0.0542. The van der Waals surface area contributed by atoms with Gasteiger partial charge >= 0.3 is 0 Å². The van der Waals surface area contributed by atoms with Gasteiger partial charge in [-0.2, -0.15) is 0 Å². The van der Waals surface area contributed by atoms with E-state index in [1.165, 1.54) is 0 Å². The van der Waals surface area contributed by atoms with Crippen LogP contribution in [-0.4, -0.2) is 32.5 Å². The lowest BCUT2D eigenvalue weighted by molar-refractivity contribution is -0.120. The number of nitrogens with one attached hydrogen (secondary N) is 1. The lowest BCUT2D eigenvalue weighted by Gasteiger charge is -2.14. The Morgan fingerprint density at radius 1 is 1.35 bits per heavy atom. The van der Waals surface area contributed by atoms with E-state index in [1.807, 2.05) is 37.3 Å². The number of hydrogen-bond acceptors (Lipinski definition) is 4. The van der Waals surface area contributed by atoms with Gasteiger partial charge in [0.2, 0.25) is 5.91 Å². The molecule has 0 bridgehead atoms. The number of hydrogen-bond donors (Lipinski definition) is 1. The first kappa shape index (κ1) is 16.1. The minimum atomic E-state index is -0.0542. The molecule has 3 rings (SSSR count). The van der Waals surface area contributed by atoms with Gasteiger partial charge in [0.25, 0.3) is 0 Å². The van der Waals surface area contributed by atoms with E-state index in [0.29, 0.717) is 6.54 Å². The second kappa shape index (κ2) is 7.64. The van der Waals surface area contributed by atoms with Crippen molar-refractivity contribution in [2.45, 2.75) is 49.3 Å². The van der Waals surface area contributed by atoms with Crippen LogP contribution in [0.5, 0.6) is 0 Å². The number of thioether (sulfide) groups is 1. The molecule has 2 aromatic rings. The Bertz CT molecular complexity index is 656. The van der Waals surface area contributed by atoms with Gasteiger partial charge < -0.3 is 9.88 Å². The summed E-state index contributed by atoms with van der Waals surface area (Å²) in [5, 5.41) is 11.4. The first-order chi connectivity index (χ1) is 11.3. The molecule has 122 valence electrons. The second-order valence-electron chi connectivity index (χ2n) is 5.66. The minimum Gasteiger partial charge on any atom is -0.355 e. The first-order valence-electron chi connectivity index (χ1n) is 8.18. The molecule has 0 saturated carbocycles. The second-order valence-corrected chi connectivity index (χ2v) is 6.93. The Hall–Kier alpha value is -1.82. The summed E-state index contributed by atoms with van der Waals surface area (Å²) >= 11 is 1.62. The molecule has 1 atom stereocenters. The topological polar surface area (TPSA) is 59.8 Å². The highest BCUT2D eigenvalue weighted by Crippen LogP contribution is 2.25. The quantitative estimate of drug-likeness (QED) is 0.792. The lowest BCUT2D eigenvalue weighted by atomic mass is 10.3. The van der Waals surface area contributed by atoms with Gasteiger partial charge in [-0.3, -0.25) is 4.79 Å². The highest BCUT2D eigenvalue weighted by Gasteiger charge is 2.19. The molecular weight excluding hydrogens is 308 g/mol. The smallest absolute Gasteiger partial charge is 0.233 e. The summed E-state index contributed by atoms with van der Waals surface area (Å²) in [6.07, 6.45) is 3.72. The zero-order chi connectivity index (χ0) is 16.1. The van der Waals surface area contributed by atoms with Crippen LogP contribution in [0.2, 0.25) is 0 Å². The van der Waals surface area contributed by atoms with Crippen LogP contribution in [0.4, 0.5) is 0 Å². The third-order valence-electron chi connectivity index (χ3n) is 4.02. The molecule has 1 amide bonds. The fourth-order valence-electron chi connectivity index (χ4n) is 2.79. The van der Waals surface area contributed by atoms with Gasteiger partial charge in [-0.25, -0.2) is 0 Å². The van der Waals surface area contributed by atoms with Gasteiger partial charge in [-0.15, -0.1) is 22.0 Å². The predicted molar refractivity (Wildman–Crippen MR) is 91.4 cm³/mol. The summed E-state index contributed by atoms with van der Waals surface area (Å²) in [6.45, 7) is 3.67. The number of aryl methyl sites for hydroxylation is 1. The van der Waals surface area contributed by atoms with Gasteiger partial charge in [0.05, 0.1) is 5.25 Å². The van der Waals surface area contributed by atoms with Crippen molar-refractivity contribution < 1.29 is 4.79 Å². The maximum Gasteiger partial charge on any atom is 0.233 e. The maximum atomic E-state index is 12.4. The van der Waals surface area contributed by atoms with Crippen LogP contribution in [0.3, 0.4) is 0 Å². The SMILES string of the molecule is CCC(Sc1ccccc1)C(=O)NCCc1nnc2n1CCC2. The van der Waals surface area contributed by atoms with E-state index in [-0.39, 0.29) is 11.2 Å². The van der Waals surface area contributed by atoms with E-state index >= 15 is 0 Å². The van der Waals surface area contributed by atoms with Crippen molar-refractivity contribution in [1.29, 1.82) is 0 Å². The number of fused-ring (bicyclic) bond motifs is 1. The van der Waals surface area contributed by atoms with Crippen LogP contribution in [0.15, 0.2) is 35.2 Å². The van der Waals surface area contributed by atoms with Gasteiger partial charge in [-0.1, -0.05) is 25.1 Å². The van der Waals surface area contributed by atoms with Crippen molar-refractivity contribution in [1.82, 2.24) is 20.1 Å². The molecule has 5 nitrogen and oxygen atoms in total. The van der Waals surface area contributed by atoms with Gasteiger partial charge in [-0.05, 0) is 25.0 Å². The Morgan fingerprint density at radius 3 is 2.96 bits per heavy atom. The van der Waals surface area contributed by atoms with Gasteiger partial charge in [0, 0.05) is 30.8 Å². The number of nitrogens with zero attached hydrogens (tertiary/aromatic N) is 3. The van der Waals surface area contributed by atoms with Crippen molar-refractivity contribution >= 4 is 17.7 Å². The number of aromatic nitrogens is 3. The van der Waals surface area contributed by atoms with Crippen molar-refractivity contribution in [3.05, 3.63) is 42.0 Å². The van der Waals surface area contributed by atoms with Crippen molar-refractivity contribution in [2.75, 3.05) is 6.54 Å². The fourth-order valence-corrected chi connectivity index (χ4v) is 3.79. The van der Waals surface area contributed by atoms with E-state index in [1.54, 1.807) is 11.8 Å². The Labute approximate surface area is 140 Å². The third-order valence-corrected chi connectivity index (χ3v) is 5.39. The molecule has 0 radical (unpaired) electrons. The van der Waals surface area contributed by atoms with Crippen LogP contribution < -0.4 is 5.32 Å². The monoisotopic (exact) mass is 330 g/mol. The molecule has 0 aliphatic carbocycles. The fraction of sp³-hybridized carbons (Fsp3) is 0.471. The molecule has 0 spiro atoms. The van der Waals surface area contributed by atoms with E-state index in [9.17, 15) is 4.79 Å². The molecule has 1 aromatic carbocycles. The number of benzene rings is 1.